The molecule has 0 radical (unpaired) electrons. The summed E-state index contributed by atoms with van der Waals surface area (Å²) >= 11 is 6.17. The topological polar surface area (TPSA) is 98.9 Å². The quantitative estimate of drug-likeness (QED) is 0.512. The predicted molar refractivity (Wildman–Crippen MR) is 118 cm³/mol. The van der Waals surface area contributed by atoms with Gasteiger partial charge in [-0.1, -0.05) is 11.6 Å². The number of nitrogen functional groups attached to an aromatic ring is 1. The first kappa shape index (κ1) is 24.1. The summed E-state index contributed by atoms with van der Waals surface area (Å²) in [5.74, 6) is -1.24. The molecule has 1 fully saturated rings. The zero-order valence-electron chi connectivity index (χ0n) is 17.7. The minimum Gasteiger partial charge on any atom is -0.382 e. The van der Waals surface area contributed by atoms with Crippen LogP contribution in [0.1, 0.15) is 23.7 Å². The average Bonchev–Trinajstić information content (AvgIpc) is 3.19. The Morgan fingerprint density at radius 3 is 2.65 bits per heavy atom. The molecule has 0 spiro atoms. The van der Waals surface area contributed by atoms with Gasteiger partial charge in [0.15, 0.2) is 5.82 Å². The van der Waals surface area contributed by atoms with Gasteiger partial charge in [-0.15, -0.1) is 0 Å². The molecule has 1 aliphatic rings. The van der Waals surface area contributed by atoms with Crippen LogP contribution in [-0.4, -0.2) is 45.3 Å². The third-order valence-corrected chi connectivity index (χ3v) is 6.08. The predicted octanol–water partition coefficient (Wildman–Crippen LogP) is 4.02. The van der Waals surface area contributed by atoms with Gasteiger partial charge in [-0.25, -0.2) is 23.7 Å². The summed E-state index contributed by atoms with van der Waals surface area (Å²) in [5.41, 5.74) is 10.3. The van der Waals surface area contributed by atoms with Gasteiger partial charge in [-0.3, -0.25) is 0 Å². The SMILES string of the molecule is NCCn1cc(-c2ccc(F)c(C(F)(F)F)c2)nc1[C@@H]1CCN(c2ncnc(N)c2Cl)C[C@@H]1F. The monoisotopic (exact) mass is 501 g/mol. The number of aromatic nitrogens is 4. The van der Waals surface area contributed by atoms with Crippen molar-refractivity contribution in [1.82, 2.24) is 19.5 Å². The lowest BCUT2D eigenvalue weighted by Gasteiger charge is -2.35. The molecule has 3 heterocycles. The van der Waals surface area contributed by atoms with Crippen molar-refractivity contribution in [2.75, 3.05) is 30.3 Å². The standard InChI is InChI=1S/C21H21ClF5N7/c22-17-18(29)30-10-31-20(17)33-5-3-12(15(24)8-33)19-32-16(9-34(19)6-4-28)11-1-2-14(23)13(7-11)21(25,26)27/h1-2,7,9-10,12,15H,3-6,8,28H2,(H2,29,30,31)/t12-,15+/m1/s1. The smallest absolute Gasteiger partial charge is 0.382 e. The number of halogens is 6. The van der Waals surface area contributed by atoms with Crippen LogP contribution < -0.4 is 16.4 Å². The van der Waals surface area contributed by atoms with Gasteiger partial charge in [-0.2, -0.15) is 13.2 Å². The number of anilines is 2. The normalized spacial score (nSPS) is 19.0. The Labute approximate surface area is 196 Å². The van der Waals surface area contributed by atoms with Crippen LogP contribution in [0, 0.1) is 5.82 Å². The van der Waals surface area contributed by atoms with Crippen molar-refractivity contribution in [2.45, 2.75) is 31.2 Å². The number of benzene rings is 1. The highest BCUT2D eigenvalue weighted by Crippen LogP contribution is 2.37. The van der Waals surface area contributed by atoms with Crippen LogP contribution in [0.15, 0.2) is 30.7 Å². The van der Waals surface area contributed by atoms with E-state index in [0.29, 0.717) is 30.7 Å². The second kappa shape index (κ2) is 9.34. The minimum atomic E-state index is -4.86. The van der Waals surface area contributed by atoms with Crippen molar-refractivity contribution in [2.24, 2.45) is 5.73 Å². The van der Waals surface area contributed by atoms with Crippen molar-refractivity contribution in [1.29, 1.82) is 0 Å². The van der Waals surface area contributed by atoms with Crippen LogP contribution >= 0.6 is 11.6 Å². The Hall–Kier alpha value is -2.99. The minimum absolute atomic E-state index is 0.0412. The van der Waals surface area contributed by atoms with Gasteiger partial charge in [0.2, 0.25) is 0 Å². The number of nitrogens with two attached hydrogens (primary N) is 2. The first-order valence-electron chi connectivity index (χ1n) is 10.4. The van der Waals surface area contributed by atoms with E-state index in [1.54, 1.807) is 9.47 Å². The van der Waals surface area contributed by atoms with Crippen LogP contribution in [0.5, 0.6) is 0 Å². The summed E-state index contributed by atoms with van der Waals surface area (Å²) in [6, 6.07) is 2.65. The molecule has 1 aromatic carbocycles. The molecule has 0 saturated carbocycles. The van der Waals surface area contributed by atoms with Gasteiger partial charge in [0, 0.05) is 31.4 Å². The third-order valence-electron chi connectivity index (χ3n) is 5.72. The zero-order valence-corrected chi connectivity index (χ0v) is 18.5. The third kappa shape index (κ3) is 4.64. The molecule has 7 nitrogen and oxygen atoms in total. The molecule has 0 aliphatic carbocycles. The molecule has 13 heteroatoms. The van der Waals surface area contributed by atoms with E-state index < -0.39 is 29.6 Å². The number of nitrogens with zero attached hydrogens (tertiary/aromatic N) is 5. The Bertz CT molecular complexity index is 1180. The molecule has 1 saturated heterocycles. The van der Waals surface area contributed by atoms with Gasteiger partial charge in [0.25, 0.3) is 0 Å². The Morgan fingerprint density at radius 1 is 1.21 bits per heavy atom. The fourth-order valence-corrected chi connectivity index (χ4v) is 4.28. The molecule has 34 heavy (non-hydrogen) atoms. The van der Waals surface area contributed by atoms with Crippen LogP contribution in [-0.2, 0) is 12.7 Å². The summed E-state index contributed by atoms with van der Waals surface area (Å²) in [5, 5.41) is 0.136. The molecule has 2 aromatic heterocycles. The first-order valence-corrected chi connectivity index (χ1v) is 10.8. The Morgan fingerprint density at radius 2 is 1.97 bits per heavy atom. The van der Waals surface area contributed by atoms with E-state index in [1.165, 1.54) is 18.6 Å². The first-order chi connectivity index (χ1) is 16.1. The maximum atomic E-state index is 15.4. The van der Waals surface area contributed by atoms with E-state index in [0.717, 1.165) is 6.07 Å². The number of alkyl halides is 4. The fraction of sp³-hybridized carbons (Fsp3) is 0.381. The van der Waals surface area contributed by atoms with E-state index in [9.17, 15) is 17.6 Å². The molecule has 0 bridgehead atoms. The highest BCUT2D eigenvalue weighted by molar-refractivity contribution is 6.35. The molecular weight excluding hydrogens is 481 g/mol. The van der Waals surface area contributed by atoms with Gasteiger partial charge < -0.3 is 20.9 Å². The number of imidazole rings is 1. The summed E-state index contributed by atoms with van der Waals surface area (Å²) in [4.78, 5) is 14.0. The van der Waals surface area contributed by atoms with Crippen LogP contribution in [0.2, 0.25) is 5.02 Å². The number of rotatable bonds is 5. The molecule has 4 N–H and O–H groups in total. The lowest BCUT2D eigenvalue weighted by molar-refractivity contribution is -0.139. The van der Waals surface area contributed by atoms with Crippen molar-refractivity contribution in [3.05, 3.63) is 53.0 Å². The van der Waals surface area contributed by atoms with Crippen molar-refractivity contribution >= 4 is 23.2 Å². The van der Waals surface area contributed by atoms with Crippen LogP contribution in [0.4, 0.5) is 33.6 Å². The zero-order chi connectivity index (χ0) is 24.6. The van der Waals surface area contributed by atoms with Crippen molar-refractivity contribution < 1.29 is 22.0 Å². The summed E-state index contributed by atoms with van der Waals surface area (Å²) in [6.45, 7) is 0.851. The van der Waals surface area contributed by atoms with E-state index in [-0.39, 0.29) is 41.7 Å². The van der Waals surface area contributed by atoms with Gasteiger partial charge in [0.1, 0.15) is 35.0 Å². The lowest BCUT2D eigenvalue weighted by Crippen LogP contribution is -2.42. The fourth-order valence-electron chi connectivity index (χ4n) is 4.07. The summed E-state index contributed by atoms with van der Waals surface area (Å²) < 4.78 is 70.2. The number of piperidine rings is 1. The van der Waals surface area contributed by atoms with Crippen LogP contribution in [0.3, 0.4) is 0 Å². The molecule has 182 valence electrons. The van der Waals surface area contributed by atoms with Crippen molar-refractivity contribution in [3.8, 4) is 11.3 Å². The van der Waals surface area contributed by atoms with Gasteiger partial charge in [0.05, 0.1) is 23.7 Å². The summed E-state index contributed by atoms with van der Waals surface area (Å²) in [6.07, 6.45) is -3.15. The molecule has 2 atom stereocenters. The highest BCUT2D eigenvalue weighted by atomic mass is 35.5. The van der Waals surface area contributed by atoms with E-state index in [2.05, 4.69) is 15.0 Å². The van der Waals surface area contributed by atoms with Crippen molar-refractivity contribution in [3.63, 3.8) is 0 Å². The highest BCUT2D eigenvalue weighted by Gasteiger charge is 2.36. The van der Waals surface area contributed by atoms with E-state index >= 15 is 4.39 Å². The number of hydrogen-bond acceptors (Lipinski definition) is 6. The summed E-state index contributed by atoms with van der Waals surface area (Å²) in [7, 11) is 0. The molecule has 1 aliphatic heterocycles. The molecule has 4 rings (SSSR count). The maximum Gasteiger partial charge on any atom is 0.419 e. The molecule has 0 unspecified atom stereocenters. The largest absolute Gasteiger partial charge is 0.419 e. The lowest BCUT2D eigenvalue weighted by atomic mass is 9.94. The average molecular weight is 502 g/mol. The maximum absolute atomic E-state index is 15.4. The van der Waals surface area contributed by atoms with E-state index in [1.807, 2.05) is 0 Å². The second-order valence-electron chi connectivity index (χ2n) is 7.91. The van der Waals surface area contributed by atoms with E-state index in [4.69, 9.17) is 23.1 Å². The van der Waals surface area contributed by atoms with Crippen LogP contribution in [0.25, 0.3) is 11.3 Å². The number of hydrogen-bond donors (Lipinski definition) is 2. The van der Waals surface area contributed by atoms with Gasteiger partial charge >= 0.3 is 6.18 Å². The Kier molecular flexibility index (Phi) is 6.63. The molecule has 3 aromatic rings. The molecular formula is C21H21ClF5N7. The van der Waals surface area contributed by atoms with Gasteiger partial charge in [-0.05, 0) is 24.6 Å². The molecule has 0 amide bonds. The second-order valence-corrected chi connectivity index (χ2v) is 8.29. The Balaban J connectivity index is 1.64.